The number of hydrogen-bond donors (Lipinski definition) is 1. The van der Waals surface area contributed by atoms with E-state index in [-0.39, 0.29) is 18.7 Å². The zero-order valence-electron chi connectivity index (χ0n) is 12.5. The van der Waals surface area contributed by atoms with Gasteiger partial charge in [0.05, 0.1) is 0 Å². The maximum Gasteiger partial charge on any atom is 0.331 e. The molecule has 1 fully saturated rings. The van der Waals surface area contributed by atoms with E-state index in [0.717, 1.165) is 4.90 Å². The van der Waals surface area contributed by atoms with E-state index in [0.29, 0.717) is 0 Å². The summed E-state index contributed by atoms with van der Waals surface area (Å²) >= 11 is 0. The van der Waals surface area contributed by atoms with Crippen LogP contribution in [-0.4, -0.2) is 53.7 Å². The number of likely N-dealkylation sites (N-methyl/N-ethyl adjacent to an activating group) is 1. The second-order valence-electron chi connectivity index (χ2n) is 5.13. The summed E-state index contributed by atoms with van der Waals surface area (Å²) < 4.78 is 0. The summed E-state index contributed by atoms with van der Waals surface area (Å²) in [6.07, 6.45) is 0.557. The zero-order chi connectivity index (χ0) is 15.7. The van der Waals surface area contributed by atoms with E-state index in [1.54, 1.807) is 27.9 Å². The van der Waals surface area contributed by atoms with Crippen LogP contribution in [0.2, 0.25) is 0 Å². The topological polar surface area (TPSA) is 86.8 Å². The van der Waals surface area contributed by atoms with Crippen molar-refractivity contribution in [2.75, 3.05) is 14.1 Å². The molecule has 0 bridgehead atoms. The Balaban J connectivity index is 3.20. The third-order valence-corrected chi connectivity index (χ3v) is 3.89. The molecule has 1 N–H and O–H groups in total. The summed E-state index contributed by atoms with van der Waals surface area (Å²) in [6, 6.07) is -1.77. The molecule has 7 heteroatoms. The van der Waals surface area contributed by atoms with Gasteiger partial charge in [-0.25, -0.2) is 4.79 Å². The molecule has 0 radical (unpaired) electrons. The highest BCUT2D eigenvalue weighted by Gasteiger charge is 2.53. The Kier molecular flexibility index (Phi) is 4.52. The molecule has 112 valence electrons. The van der Waals surface area contributed by atoms with Crippen LogP contribution in [0.15, 0.2) is 0 Å². The first kappa shape index (κ1) is 16.1. The summed E-state index contributed by atoms with van der Waals surface area (Å²) in [5, 5.41) is 2.18. The molecule has 1 rings (SSSR count). The van der Waals surface area contributed by atoms with E-state index in [9.17, 15) is 19.2 Å². The molecule has 1 atom stereocenters. The molecule has 0 saturated carbocycles. The van der Waals surface area contributed by atoms with Gasteiger partial charge >= 0.3 is 6.03 Å². The van der Waals surface area contributed by atoms with Gasteiger partial charge in [-0.05, 0) is 19.8 Å². The van der Waals surface area contributed by atoms with Crippen LogP contribution in [0.1, 0.15) is 33.6 Å². The first-order chi connectivity index (χ1) is 9.22. The van der Waals surface area contributed by atoms with Crippen LogP contribution in [0.5, 0.6) is 0 Å². The Morgan fingerprint density at radius 3 is 2.15 bits per heavy atom. The van der Waals surface area contributed by atoms with Gasteiger partial charge < -0.3 is 4.90 Å². The zero-order valence-corrected chi connectivity index (χ0v) is 12.5. The van der Waals surface area contributed by atoms with Crippen molar-refractivity contribution < 1.29 is 19.2 Å². The second-order valence-corrected chi connectivity index (χ2v) is 5.13. The van der Waals surface area contributed by atoms with Crippen LogP contribution in [-0.2, 0) is 14.4 Å². The number of nitrogens with one attached hydrogen (secondary N) is 1. The molecule has 1 saturated heterocycles. The van der Waals surface area contributed by atoms with Crippen LogP contribution in [0.25, 0.3) is 0 Å². The molecule has 0 aliphatic carbocycles. The van der Waals surface area contributed by atoms with E-state index in [1.807, 2.05) is 0 Å². The van der Waals surface area contributed by atoms with Crippen LogP contribution in [0, 0.1) is 5.41 Å². The van der Waals surface area contributed by atoms with Crippen LogP contribution >= 0.6 is 0 Å². The van der Waals surface area contributed by atoms with Crippen molar-refractivity contribution in [1.29, 1.82) is 0 Å². The Hall–Kier alpha value is -1.92. The molecule has 0 aromatic carbocycles. The van der Waals surface area contributed by atoms with Gasteiger partial charge in [-0.2, -0.15) is 0 Å². The number of hydrogen-bond acceptors (Lipinski definition) is 4. The molecule has 1 heterocycles. The van der Waals surface area contributed by atoms with Gasteiger partial charge in [-0.3, -0.25) is 24.6 Å². The Morgan fingerprint density at radius 2 is 1.75 bits per heavy atom. The molecule has 0 spiro atoms. The monoisotopic (exact) mass is 283 g/mol. The van der Waals surface area contributed by atoms with E-state index in [4.69, 9.17) is 0 Å². The average Bonchev–Trinajstić information content (AvgIpc) is 2.38. The Morgan fingerprint density at radius 1 is 1.25 bits per heavy atom. The molecule has 5 amide bonds. The first-order valence-corrected chi connectivity index (χ1v) is 6.63. The number of rotatable bonds is 4. The standard InChI is InChI=1S/C13H21N3O4/c1-6-13(7-2)10(18)14-12(20)16(11(13)19)8(3)9(17)15(4)5/h8H,6-7H2,1-5H3,(H,14,18,20). The number of amides is 5. The molecular weight excluding hydrogens is 262 g/mol. The van der Waals surface area contributed by atoms with Gasteiger partial charge in [-0.1, -0.05) is 13.8 Å². The molecule has 1 unspecified atom stereocenters. The quantitative estimate of drug-likeness (QED) is 0.754. The summed E-state index contributed by atoms with van der Waals surface area (Å²) in [5.41, 5.74) is -1.27. The maximum absolute atomic E-state index is 12.6. The van der Waals surface area contributed by atoms with E-state index in [1.165, 1.54) is 11.8 Å². The highest BCUT2D eigenvalue weighted by atomic mass is 16.2. The second kappa shape index (κ2) is 5.60. The van der Waals surface area contributed by atoms with Crippen molar-refractivity contribution in [2.24, 2.45) is 5.41 Å². The summed E-state index contributed by atoms with van der Waals surface area (Å²) in [6.45, 7) is 4.91. The SMILES string of the molecule is CCC1(CC)C(=O)NC(=O)N(C(C)C(=O)N(C)C)C1=O. The van der Waals surface area contributed by atoms with E-state index in [2.05, 4.69) is 5.32 Å². The van der Waals surface area contributed by atoms with Crippen molar-refractivity contribution in [1.82, 2.24) is 15.1 Å². The minimum atomic E-state index is -1.27. The highest BCUT2D eigenvalue weighted by Crippen LogP contribution is 2.33. The van der Waals surface area contributed by atoms with Crippen molar-refractivity contribution in [2.45, 2.75) is 39.7 Å². The number of imide groups is 2. The van der Waals surface area contributed by atoms with Gasteiger partial charge in [0.25, 0.3) is 0 Å². The Bertz CT molecular complexity index is 455. The van der Waals surface area contributed by atoms with Crippen molar-refractivity contribution in [3.8, 4) is 0 Å². The van der Waals surface area contributed by atoms with Gasteiger partial charge in [0.15, 0.2) is 0 Å². The van der Waals surface area contributed by atoms with Crippen molar-refractivity contribution in [3.05, 3.63) is 0 Å². The minimum Gasteiger partial charge on any atom is -0.347 e. The van der Waals surface area contributed by atoms with Crippen LogP contribution < -0.4 is 5.32 Å². The van der Waals surface area contributed by atoms with Gasteiger partial charge in [-0.15, -0.1) is 0 Å². The number of carbonyl (C=O) groups excluding carboxylic acids is 4. The lowest BCUT2D eigenvalue weighted by atomic mass is 9.78. The number of barbiturate groups is 1. The summed E-state index contributed by atoms with van der Waals surface area (Å²) in [4.78, 5) is 50.6. The van der Waals surface area contributed by atoms with E-state index < -0.39 is 29.3 Å². The summed E-state index contributed by atoms with van der Waals surface area (Å²) in [7, 11) is 3.09. The molecule has 0 aromatic heterocycles. The number of nitrogens with zero attached hydrogens (tertiary/aromatic N) is 2. The molecule has 1 aliphatic heterocycles. The lowest BCUT2D eigenvalue weighted by Gasteiger charge is -2.40. The van der Waals surface area contributed by atoms with Gasteiger partial charge in [0.2, 0.25) is 17.7 Å². The largest absolute Gasteiger partial charge is 0.347 e. The Labute approximate surface area is 118 Å². The van der Waals surface area contributed by atoms with E-state index >= 15 is 0 Å². The molecular formula is C13H21N3O4. The van der Waals surface area contributed by atoms with Crippen molar-refractivity contribution in [3.63, 3.8) is 0 Å². The smallest absolute Gasteiger partial charge is 0.331 e. The van der Waals surface area contributed by atoms with Crippen LogP contribution in [0.4, 0.5) is 4.79 Å². The van der Waals surface area contributed by atoms with Gasteiger partial charge in [0.1, 0.15) is 11.5 Å². The fraction of sp³-hybridized carbons (Fsp3) is 0.692. The fourth-order valence-corrected chi connectivity index (χ4v) is 2.41. The third-order valence-electron chi connectivity index (χ3n) is 3.89. The highest BCUT2D eigenvalue weighted by molar-refractivity contribution is 6.20. The fourth-order valence-electron chi connectivity index (χ4n) is 2.41. The summed E-state index contributed by atoms with van der Waals surface area (Å²) in [5.74, 6) is -1.55. The third kappa shape index (κ3) is 2.28. The lowest BCUT2D eigenvalue weighted by molar-refractivity contribution is -0.156. The normalized spacial score (nSPS) is 19.6. The first-order valence-electron chi connectivity index (χ1n) is 6.63. The number of urea groups is 1. The van der Waals surface area contributed by atoms with Crippen LogP contribution in [0.3, 0.4) is 0 Å². The lowest BCUT2D eigenvalue weighted by Crippen LogP contribution is -2.67. The van der Waals surface area contributed by atoms with Crippen molar-refractivity contribution >= 4 is 23.8 Å². The number of carbonyl (C=O) groups is 4. The predicted molar refractivity (Wildman–Crippen MR) is 71.6 cm³/mol. The average molecular weight is 283 g/mol. The van der Waals surface area contributed by atoms with Gasteiger partial charge in [0, 0.05) is 14.1 Å². The minimum absolute atomic E-state index is 0.279. The molecule has 20 heavy (non-hydrogen) atoms. The predicted octanol–water partition coefficient (Wildman–Crippen LogP) is 0.348. The molecule has 0 aromatic rings. The molecule has 1 aliphatic rings. The molecule has 7 nitrogen and oxygen atoms in total. The maximum atomic E-state index is 12.6.